The van der Waals surface area contributed by atoms with Crippen LogP contribution in [0.2, 0.25) is 5.02 Å². The molecule has 0 spiro atoms. The molecular formula is C8H7ClO3. The zero-order valence-corrected chi connectivity index (χ0v) is 6.88. The van der Waals surface area contributed by atoms with Crippen LogP contribution in [0.15, 0.2) is 18.2 Å². The second-order valence-corrected chi connectivity index (χ2v) is 2.68. The van der Waals surface area contributed by atoms with E-state index in [9.17, 15) is 4.79 Å². The summed E-state index contributed by atoms with van der Waals surface area (Å²) in [5.74, 6) is -0.714. The standard InChI is InChI=1S/C8H7ClO3/c9-5-1-2-7(11)6(3-5)8(12)4-10/h1-3,10-11H,4H2. The number of Topliss-reactive ketones (excluding diaryl/α,β-unsaturated/α-hetero) is 1. The van der Waals surface area contributed by atoms with Crippen LogP contribution in [0.5, 0.6) is 5.75 Å². The zero-order valence-electron chi connectivity index (χ0n) is 6.12. The summed E-state index contributed by atoms with van der Waals surface area (Å²) in [6.07, 6.45) is 0. The molecule has 2 N–H and O–H groups in total. The highest BCUT2D eigenvalue weighted by atomic mass is 35.5. The van der Waals surface area contributed by atoms with Crippen LogP contribution in [0.4, 0.5) is 0 Å². The molecular weight excluding hydrogens is 180 g/mol. The lowest BCUT2D eigenvalue weighted by molar-refractivity contribution is 0.0901. The number of hydrogen-bond donors (Lipinski definition) is 2. The molecule has 1 rings (SSSR count). The fourth-order valence-corrected chi connectivity index (χ4v) is 0.989. The highest BCUT2D eigenvalue weighted by molar-refractivity contribution is 6.31. The van der Waals surface area contributed by atoms with Crippen molar-refractivity contribution in [1.29, 1.82) is 0 Å². The minimum atomic E-state index is -0.631. The summed E-state index contributed by atoms with van der Waals surface area (Å²) in [4.78, 5) is 10.9. The fraction of sp³-hybridized carbons (Fsp3) is 0.125. The third-order valence-electron chi connectivity index (χ3n) is 1.40. The van der Waals surface area contributed by atoms with Crippen molar-refractivity contribution in [2.24, 2.45) is 0 Å². The van der Waals surface area contributed by atoms with Crippen molar-refractivity contribution in [1.82, 2.24) is 0 Å². The topological polar surface area (TPSA) is 57.5 Å². The Kier molecular flexibility index (Phi) is 2.68. The van der Waals surface area contributed by atoms with E-state index >= 15 is 0 Å². The molecule has 0 atom stereocenters. The van der Waals surface area contributed by atoms with Gasteiger partial charge in [0.2, 0.25) is 0 Å². The van der Waals surface area contributed by atoms with Gasteiger partial charge >= 0.3 is 0 Å². The van der Waals surface area contributed by atoms with Crippen molar-refractivity contribution in [3.05, 3.63) is 28.8 Å². The van der Waals surface area contributed by atoms with Crippen molar-refractivity contribution < 1.29 is 15.0 Å². The van der Waals surface area contributed by atoms with Crippen LogP contribution < -0.4 is 0 Å². The van der Waals surface area contributed by atoms with E-state index in [-0.39, 0.29) is 11.3 Å². The molecule has 3 nitrogen and oxygen atoms in total. The summed E-state index contributed by atoms with van der Waals surface area (Å²) in [5.41, 5.74) is 0.0463. The molecule has 1 aromatic carbocycles. The second-order valence-electron chi connectivity index (χ2n) is 2.24. The van der Waals surface area contributed by atoms with E-state index in [2.05, 4.69) is 0 Å². The fourth-order valence-electron chi connectivity index (χ4n) is 0.817. The number of ketones is 1. The van der Waals surface area contributed by atoms with Crippen LogP contribution in [0.25, 0.3) is 0 Å². The number of halogens is 1. The average Bonchev–Trinajstić information content (AvgIpc) is 2.08. The Bertz CT molecular complexity index is 309. The highest BCUT2D eigenvalue weighted by Crippen LogP contribution is 2.21. The van der Waals surface area contributed by atoms with Gasteiger partial charge in [0.05, 0.1) is 5.56 Å². The van der Waals surface area contributed by atoms with E-state index < -0.39 is 12.4 Å². The van der Waals surface area contributed by atoms with E-state index in [1.54, 1.807) is 0 Å². The average molecular weight is 187 g/mol. The predicted octanol–water partition coefficient (Wildman–Crippen LogP) is 1.22. The Morgan fingerprint density at radius 1 is 1.50 bits per heavy atom. The number of phenolic OH excluding ortho intramolecular Hbond substituents is 1. The van der Waals surface area contributed by atoms with Crippen LogP contribution in [-0.4, -0.2) is 22.6 Å². The number of aliphatic hydroxyl groups excluding tert-OH is 1. The lowest BCUT2D eigenvalue weighted by Gasteiger charge is -2.00. The summed E-state index contributed by atoms with van der Waals surface area (Å²) in [6, 6.07) is 4.09. The number of rotatable bonds is 2. The minimum Gasteiger partial charge on any atom is -0.507 e. The molecule has 0 aliphatic carbocycles. The first-order valence-electron chi connectivity index (χ1n) is 3.27. The normalized spacial score (nSPS) is 9.83. The van der Waals surface area contributed by atoms with Gasteiger partial charge in [-0.3, -0.25) is 4.79 Å². The number of aliphatic hydroxyl groups is 1. The third kappa shape index (κ3) is 1.75. The monoisotopic (exact) mass is 186 g/mol. The van der Waals surface area contributed by atoms with Crippen LogP contribution in [0, 0.1) is 0 Å². The van der Waals surface area contributed by atoms with E-state index in [1.165, 1.54) is 18.2 Å². The van der Waals surface area contributed by atoms with Crippen molar-refractivity contribution in [3.8, 4) is 5.75 Å². The molecule has 0 radical (unpaired) electrons. The Morgan fingerprint density at radius 2 is 2.17 bits per heavy atom. The Labute approximate surface area is 74.2 Å². The van der Waals surface area contributed by atoms with Crippen LogP contribution in [-0.2, 0) is 0 Å². The second kappa shape index (κ2) is 3.56. The Hall–Kier alpha value is -1.06. The van der Waals surface area contributed by atoms with Crippen LogP contribution >= 0.6 is 11.6 Å². The molecule has 0 bridgehead atoms. The summed E-state index contributed by atoms with van der Waals surface area (Å²) in [5, 5.41) is 18.0. The predicted molar refractivity (Wildman–Crippen MR) is 44.5 cm³/mol. The lowest BCUT2D eigenvalue weighted by Crippen LogP contribution is -2.04. The van der Waals surface area contributed by atoms with E-state index in [0.29, 0.717) is 5.02 Å². The van der Waals surface area contributed by atoms with Gasteiger partial charge in [-0.1, -0.05) is 11.6 Å². The molecule has 4 heteroatoms. The van der Waals surface area contributed by atoms with Crippen molar-refractivity contribution >= 4 is 17.4 Å². The molecule has 0 aliphatic rings. The van der Waals surface area contributed by atoms with Crippen molar-refractivity contribution in [3.63, 3.8) is 0 Å². The van der Waals surface area contributed by atoms with Gasteiger partial charge in [-0.25, -0.2) is 0 Å². The molecule has 0 unspecified atom stereocenters. The minimum absolute atomic E-state index is 0.0463. The number of benzene rings is 1. The summed E-state index contributed by atoms with van der Waals surface area (Å²) >= 11 is 5.57. The smallest absolute Gasteiger partial charge is 0.191 e. The Morgan fingerprint density at radius 3 is 2.75 bits per heavy atom. The zero-order chi connectivity index (χ0) is 9.14. The lowest BCUT2D eigenvalue weighted by atomic mass is 10.1. The van der Waals surface area contributed by atoms with Crippen LogP contribution in [0.1, 0.15) is 10.4 Å². The van der Waals surface area contributed by atoms with Gasteiger partial charge in [0.15, 0.2) is 5.78 Å². The van der Waals surface area contributed by atoms with E-state index in [1.807, 2.05) is 0 Å². The molecule has 0 fully saturated rings. The summed E-state index contributed by atoms with van der Waals surface area (Å²) in [7, 11) is 0. The summed E-state index contributed by atoms with van der Waals surface area (Å²) < 4.78 is 0. The molecule has 0 saturated carbocycles. The maximum absolute atomic E-state index is 10.9. The molecule has 0 aromatic heterocycles. The molecule has 1 aromatic rings. The van der Waals surface area contributed by atoms with E-state index in [0.717, 1.165) is 0 Å². The highest BCUT2D eigenvalue weighted by Gasteiger charge is 2.09. The first-order valence-corrected chi connectivity index (χ1v) is 3.65. The third-order valence-corrected chi connectivity index (χ3v) is 1.64. The molecule has 12 heavy (non-hydrogen) atoms. The molecule has 64 valence electrons. The van der Waals surface area contributed by atoms with Gasteiger partial charge in [-0.2, -0.15) is 0 Å². The molecule has 0 aliphatic heterocycles. The van der Waals surface area contributed by atoms with Gasteiger partial charge in [-0.05, 0) is 18.2 Å². The van der Waals surface area contributed by atoms with Gasteiger partial charge in [-0.15, -0.1) is 0 Å². The van der Waals surface area contributed by atoms with E-state index in [4.69, 9.17) is 21.8 Å². The number of aromatic hydroxyl groups is 1. The summed E-state index contributed by atoms with van der Waals surface area (Å²) in [6.45, 7) is -0.631. The molecule has 0 saturated heterocycles. The van der Waals surface area contributed by atoms with Gasteiger partial charge in [0, 0.05) is 5.02 Å². The Balaban J connectivity index is 3.13. The number of hydrogen-bond acceptors (Lipinski definition) is 3. The quantitative estimate of drug-likeness (QED) is 0.683. The van der Waals surface area contributed by atoms with Gasteiger partial charge in [0.25, 0.3) is 0 Å². The first-order chi connectivity index (χ1) is 5.65. The van der Waals surface area contributed by atoms with Gasteiger partial charge in [0.1, 0.15) is 12.4 Å². The molecule has 0 amide bonds. The van der Waals surface area contributed by atoms with Gasteiger partial charge < -0.3 is 10.2 Å². The number of carbonyl (C=O) groups is 1. The maximum atomic E-state index is 10.9. The maximum Gasteiger partial charge on any atom is 0.191 e. The number of phenols is 1. The largest absolute Gasteiger partial charge is 0.507 e. The van der Waals surface area contributed by atoms with Crippen molar-refractivity contribution in [2.45, 2.75) is 0 Å². The molecule has 0 heterocycles. The number of carbonyl (C=O) groups excluding carboxylic acids is 1. The van der Waals surface area contributed by atoms with Crippen molar-refractivity contribution in [2.75, 3.05) is 6.61 Å². The SMILES string of the molecule is O=C(CO)c1cc(Cl)ccc1O. The first kappa shape index (κ1) is 9.03. The van der Waals surface area contributed by atoms with Crippen LogP contribution in [0.3, 0.4) is 0 Å².